The Labute approximate surface area is 265 Å². The van der Waals surface area contributed by atoms with Gasteiger partial charge < -0.3 is 20.1 Å². The van der Waals surface area contributed by atoms with E-state index in [1.807, 2.05) is 42.5 Å². The molecule has 0 radical (unpaired) electrons. The average molecular weight is 629 g/mol. The van der Waals surface area contributed by atoms with Crippen LogP contribution in [0.2, 0.25) is 0 Å². The van der Waals surface area contributed by atoms with Crippen molar-refractivity contribution < 1.29 is 23.9 Å². The Morgan fingerprint density at radius 2 is 1.93 bits per heavy atom. The first-order valence-corrected chi connectivity index (χ1v) is 16.2. The van der Waals surface area contributed by atoms with Crippen LogP contribution in [-0.4, -0.2) is 63.7 Å². The smallest absolute Gasteiger partial charge is 0.275 e. The van der Waals surface area contributed by atoms with Gasteiger partial charge in [-0.1, -0.05) is 30.3 Å². The minimum Gasteiger partial charge on any atom is -0.381 e. The van der Waals surface area contributed by atoms with Gasteiger partial charge in [0.1, 0.15) is 10.7 Å². The van der Waals surface area contributed by atoms with E-state index in [2.05, 4.69) is 25.7 Å². The zero-order chi connectivity index (χ0) is 31.0. The number of hydrogen-bond donors (Lipinski definition) is 2. The second kappa shape index (κ2) is 14.7. The molecule has 1 atom stereocenters. The number of anilines is 1. The van der Waals surface area contributed by atoms with E-state index in [1.165, 1.54) is 11.3 Å². The summed E-state index contributed by atoms with van der Waals surface area (Å²) in [5.41, 5.74) is 3.46. The van der Waals surface area contributed by atoms with E-state index in [4.69, 9.17) is 9.47 Å². The molecule has 12 heteroatoms. The van der Waals surface area contributed by atoms with Gasteiger partial charge in [-0.3, -0.25) is 24.0 Å². The largest absolute Gasteiger partial charge is 0.381 e. The molecule has 4 aromatic rings. The predicted octanol–water partition coefficient (Wildman–Crippen LogP) is 4.86. The number of amides is 2. The second-order valence-electron chi connectivity index (χ2n) is 11.3. The van der Waals surface area contributed by atoms with Crippen LogP contribution in [0.1, 0.15) is 70.4 Å². The Kier molecular flexibility index (Phi) is 10.0. The van der Waals surface area contributed by atoms with Gasteiger partial charge in [-0.25, -0.2) is 4.98 Å². The van der Waals surface area contributed by atoms with Crippen molar-refractivity contribution in [2.24, 2.45) is 5.92 Å². The normalized spacial score (nSPS) is 18.4. The molecule has 2 aliphatic rings. The number of rotatable bonds is 6. The number of aryl methyl sites for hydroxylation is 1. The van der Waals surface area contributed by atoms with Crippen LogP contribution in [0, 0.1) is 5.92 Å². The van der Waals surface area contributed by atoms with Gasteiger partial charge in [0.15, 0.2) is 11.5 Å². The first kappa shape index (κ1) is 30.8. The Hall–Kier alpha value is -4.26. The molecule has 2 amide bonds. The van der Waals surface area contributed by atoms with Crippen LogP contribution < -0.4 is 10.6 Å². The summed E-state index contributed by atoms with van der Waals surface area (Å²) in [6.07, 6.45) is 6.56. The van der Waals surface area contributed by atoms with E-state index in [0.717, 1.165) is 29.7 Å². The molecule has 234 valence electrons. The Bertz CT molecular complexity index is 1630. The molecule has 5 heterocycles. The fraction of sp³-hybridized carbons (Fsp3) is 0.394. The van der Waals surface area contributed by atoms with Gasteiger partial charge >= 0.3 is 0 Å². The molecule has 2 N–H and O–H groups in total. The molecule has 4 bridgehead atoms. The van der Waals surface area contributed by atoms with E-state index in [0.29, 0.717) is 62.9 Å². The van der Waals surface area contributed by atoms with Crippen LogP contribution in [-0.2, 0) is 27.3 Å². The van der Waals surface area contributed by atoms with E-state index >= 15 is 0 Å². The molecule has 2 aliphatic heterocycles. The molecule has 6 rings (SSSR count). The molecule has 1 saturated heterocycles. The zero-order valence-corrected chi connectivity index (χ0v) is 25.8. The Morgan fingerprint density at radius 1 is 1.09 bits per heavy atom. The third-order valence-corrected chi connectivity index (χ3v) is 8.93. The van der Waals surface area contributed by atoms with Crippen LogP contribution in [0.25, 0.3) is 10.6 Å². The number of pyridine rings is 1. The molecule has 0 saturated carbocycles. The summed E-state index contributed by atoms with van der Waals surface area (Å²) in [4.78, 5) is 49.7. The minimum atomic E-state index is -0.633. The predicted molar refractivity (Wildman–Crippen MR) is 169 cm³/mol. The number of aromatic nitrogens is 4. The van der Waals surface area contributed by atoms with Gasteiger partial charge in [-0.05, 0) is 49.8 Å². The van der Waals surface area contributed by atoms with Crippen molar-refractivity contribution in [1.29, 1.82) is 0 Å². The van der Waals surface area contributed by atoms with Crippen molar-refractivity contribution in [1.82, 2.24) is 25.1 Å². The average Bonchev–Trinajstić information content (AvgIpc) is 3.74. The van der Waals surface area contributed by atoms with Crippen molar-refractivity contribution in [2.45, 2.75) is 51.2 Å². The van der Waals surface area contributed by atoms with Gasteiger partial charge in [0, 0.05) is 67.7 Å². The summed E-state index contributed by atoms with van der Waals surface area (Å²) < 4.78 is 13.1. The standard InChI is InChI=1S/C33H36N6O5S/c40-29-18-23(9-14-44-20-22-5-2-1-3-6-22)31(41)35-12-4-7-25-17-24(8-13-34-25)33-37-28(21-45-33)32(42)36-27-19-39(38-30(27)29)26-10-15-43-16-11-26/h1-3,5-6,8,13,17,19,21,23,26H,4,7,9-12,14-16,18,20H2,(H,35,41)(H,36,42). The number of ketones is 1. The first-order valence-electron chi connectivity index (χ1n) is 15.3. The fourth-order valence-electron chi connectivity index (χ4n) is 5.53. The maximum atomic E-state index is 13.9. The number of fused-ring (bicyclic) bond motifs is 6. The minimum absolute atomic E-state index is 0.0369. The summed E-state index contributed by atoms with van der Waals surface area (Å²) in [5, 5.41) is 13.0. The summed E-state index contributed by atoms with van der Waals surface area (Å²) in [7, 11) is 0. The number of nitrogens with one attached hydrogen (secondary N) is 2. The van der Waals surface area contributed by atoms with Gasteiger partial charge in [-0.15, -0.1) is 11.3 Å². The maximum Gasteiger partial charge on any atom is 0.275 e. The van der Waals surface area contributed by atoms with Gasteiger partial charge in [0.25, 0.3) is 5.91 Å². The second-order valence-corrected chi connectivity index (χ2v) is 12.1. The maximum absolute atomic E-state index is 13.9. The van der Waals surface area contributed by atoms with Crippen molar-refractivity contribution >= 4 is 34.6 Å². The number of ether oxygens (including phenoxy) is 2. The van der Waals surface area contributed by atoms with E-state index < -0.39 is 11.8 Å². The van der Waals surface area contributed by atoms with Crippen molar-refractivity contribution in [3.8, 4) is 10.6 Å². The lowest BCUT2D eigenvalue weighted by Crippen LogP contribution is -2.34. The molecule has 0 spiro atoms. The Morgan fingerprint density at radius 3 is 2.78 bits per heavy atom. The summed E-state index contributed by atoms with van der Waals surface area (Å²) in [6, 6.07) is 13.7. The van der Waals surface area contributed by atoms with Gasteiger partial charge in [-0.2, -0.15) is 5.10 Å². The number of nitrogens with zero attached hydrogens (tertiary/aromatic N) is 4. The lowest BCUT2D eigenvalue weighted by molar-refractivity contribution is -0.125. The highest BCUT2D eigenvalue weighted by Crippen LogP contribution is 2.28. The topological polar surface area (TPSA) is 137 Å². The van der Waals surface area contributed by atoms with Crippen molar-refractivity contribution in [2.75, 3.05) is 31.7 Å². The van der Waals surface area contributed by atoms with Crippen LogP contribution in [0.4, 0.5) is 5.69 Å². The SMILES string of the molecule is O=C1Nc2cn(C3CCOCC3)nc2C(=O)CC(CCOCc2ccccc2)C(=O)NCCCc2cc(ccn2)-c2nc1cs2. The number of hydrogen-bond acceptors (Lipinski definition) is 9. The molecule has 1 unspecified atom stereocenters. The summed E-state index contributed by atoms with van der Waals surface area (Å²) in [5.74, 6) is -1.60. The lowest BCUT2D eigenvalue weighted by atomic mass is 9.96. The van der Waals surface area contributed by atoms with Crippen LogP contribution in [0.5, 0.6) is 0 Å². The number of benzene rings is 1. The quantitative estimate of drug-likeness (QED) is 0.289. The van der Waals surface area contributed by atoms with Crippen LogP contribution >= 0.6 is 11.3 Å². The van der Waals surface area contributed by atoms with Crippen molar-refractivity contribution in [3.63, 3.8) is 0 Å². The number of Topliss-reactive ketones (excluding diaryl/α,β-unsaturated/α-hetero) is 1. The molecule has 3 aromatic heterocycles. The summed E-state index contributed by atoms with van der Waals surface area (Å²) in [6.45, 7) is 2.36. The number of carbonyl (C=O) groups excluding carboxylic acids is 3. The molecule has 1 fully saturated rings. The highest BCUT2D eigenvalue weighted by molar-refractivity contribution is 7.13. The molecular weight excluding hydrogens is 592 g/mol. The molecular formula is C33H36N6O5S. The third-order valence-electron chi connectivity index (χ3n) is 8.04. The molecule has 0 aliphatic carbocycles. The third kappa shape index (κ3) is 7.88. The highest BCUT2D eigenvalue weighted by atomic mass is 32.1. The van der Waals surface area contributed by atoms with Gasteiger partial charge in [0.05, 0.1) is 18.3 Å². The monoisotopic (exact) mass is 628 g/mol. The lowest BCUT2D eigenvalue weighted by Gasteiger charge is -2.22. The van der Waals surface area contributed by atoms with Crippen molar-refractivity contribution in [3.05, 3.63) is 82.9 Å². The zero-order valence-electron chi connectivity index (χ0n) is 24.9. The number of thiazole rings is 1. The molecule has 45 heavy (non-hydrogen) atoms. The Balaban J connectivity index is 1.27. The van der Waals surface area contributed by atoms with Crippen LogP contribution in [0.3, 0.4) is 0 Å². The van der Waals surface area contributed by atoms with E-state index in [1.54, 1.807) is 22.5 Å². The summed E-state index contributed by atoms with van der Waals surface area (Å²) >= 11 is 1.37. The fourth-order valence-corrected chi connectivity index (χ4v) is 6.33. The first-order chi connectivity index (χ1) is 22.0. The van der Waals surface area contributed by atoms with E-state index in [9.17, 15) is 14.4 Å². The van der Waals surface area contributed by atoms with Crippen LogP contribution in [0.15, 0.2) is 60.2 Å². The van der Waals surface area contributed by atoms with Gasteiger partial charge in [0.2, 0.25) is 5.91 Å². The highest BCUT2D eigenvalue weighted by Gasteiger charge is 2.28. The molecule has 1 aromatic carbocycles. The van der Waals surface area contributed by atoms with E-state index in [-0.39, 0.29) is 35.5 Å². The number of carbonyl (C=O) groups is 3. The molecule has 11 nitrogen and oxygen atoms in total.